The van der Waals surface area contributed by atoms with E-state index in [1.54, 1.807) is 0 Å². The SMILES string of the molecule is CN(C)[C@@H](C(=O)N1CCC[C@H]1c1ncc(-c2ccc(-c3ccc(-c4cnc([C@@H]5CCCN5C(=O)c5ccc(N6CCOCC6)cc5)[nH]4)cc3)cc2)[nH]1)c1ccccc1. The van der Waals surface area contributed by atoms with Crippen molar-refractivity contribution in [3.63, 3.8) is 0 Å². The van der Waals surface area contributed by atoms with E-state index in [9.17, 15) is 9.59 Å². The summed E-state index contributed by atoms with van der Waals surface area (Å²) in [4.78, 5) is 52.5. The van der Waals surface area contributed by atoms with Crippen molar-refractivity contribution in [1.29, 1.82) is 0 Å². The first-order chi connectivity index (χ1) is 28.4. The Bertz CT molecular complexity index is 2330. The number of rotatable bonds is 10. The van der Waals surface area contributed by atoms with E-state index in [0.717, 1.165) is 115 Å². The van der Waals surface area contributed by atoms with Crippen molar-refractivity contribution in [2.75, 3.05) is 58.4 Å². The molecule has 2 N–H and O–H groups in total. The summed E-state index contributed by atoms with van der Waals surface area (Å²) in [5.74, 6) is 1.80. The minimum absolute atomic E-state index is 0.0436. The molecule has 11 heteroatoms. The van der Waals surface area contributed by atoms with Crippen LogP contribution in [0.5, 0.6) is 0 Å². The Morgan fingerprint density at radius 1 is 0.655 bits per heavy atom. The van der Waals surface area contributed by atoms with E-state index in [2.05, 4.69) is 63.4 Å². The fourth-order valence-electron chi connectivity index (χ4n) is 8.85. The number of carbonyl (C=O) groups excluding carboxylic acids is 2. The average molecular weight is 775 g/mol. The number of H-pyrrole nitrogens is 2. The fourth-order valence-corrected chi connectivity index (χ4v) is 8.85. The number of benzene rings is 4. The van der Waals surface area contributed by atoms with Crippen LogP contribution in [0.2, 0.25) is 0 Å². The molecule has 0 aliphatic carbocycles. The number of aromatic nitrogens is 4. The number of likely N-dealkylation sites (N-methyl/N-ethyl adjacent to an activating group) is 1. The van der Waals surface area contributed by atoms with E-state index in [0.29, 0.717) is 12.1 Å². The number of nitrogens with zero attached hydrogens (tertiary/aromatic N) is 6. The zero-order valence-electron chi connectivity index (χ0n) is 33.2. The summed E-state index contributed by atoms with van der Waals surface area (Å²) in [5.41, 5.74) is 9.00. The van der Waals surface area contributed by atoms with Gasteiger partial charge in [-0.05, 0) is 91.9 Å². The molecule has 0 saturated carbocycles. The maximum Gasteiger partial charge on any atom is 0.254 e. The number of aromatic amines is 2. The van der Waals surface area contributed by atoms with Gasteiger partial charge in [0.2, 0.25) is 5.91 Å². The number of ether oxygens (including phenoxy) is 1. The maximum absolute atomic E-state index is 13.9. The minimum atomic E-state index is -0.342. The lowest BCUT2D eigenvalue weighted by Gasteiger charge is -2.31. The Hall–Kier alpha value is -6.04. The zero-order valence-corrected chi connectivity index (χ0v) is 33.2. The molecule has 3 aliphatic heterocycles. The van der Waals surface area contributed by atoms with Crippen molar-refractivity contribution in [3.8, 4) is 33.6 Å². The van der Waals surface area contributed by atoms with Crippen LogP contribution in [0.3, 0.4) is 0 Å². The second-order valence-electron chi connectivity index (χ2n) is 15.8. The van der Waals surface area contributed by atoms with Crippen LogP contribution in [-0.2, 0) is 9.53 Å². The highest BCUT2D eigenvalue weighted by Gasteiger charge is 2.37. The molecule has 3 saturated heterocycles. The van der Waals surface area contributed by atoms with Crippen molar-refractivity contribution < 1.29 is 14.3 Å². The van der Waals surface area contributed by atoms with E-state index < -0.39 is 0 Å². The number of nitrogens with one attached hydrogen (secondary N) is 2. The lowest BCUT2D eigenvalue weighted by Crippen LogP contribution is -2.40. The van der Waals surface area contributed by atoms with Crippen LogP contribution in [0.25, 0.3) is 33.6 Å². The van der Waals surface area contributed by atoms with Crippen molar-refractivity contribution >= 4 is 17.5 Å². The molecule has 296 valence electrons. The maximum atomic E-state index is 13.9. The number of imidazole rings is 2. The van der Waals surface area contributed by atoms with Gasteiger partial charge in [-0.3, -0.25) is 14.5 Å². The Kier molecular flexibility index (Phi) is 10.6. The molecule has 58 heavy (non-hydrogen) atoms. The molecule has 3 aliphatic rings. The number of amides is 2. The normalized spacial score (nSPS) is 18.9. The molecule has 4 aromatic carbocycles. The number of anilines is 1. The van der Waals surface area contributed by atoms with Gasteiger partial charge in [-0.15, -0.1) is 0 Å². The van der Waals surface area contributed by atoms with Crippen LogP contribution in [0.15, 0.2) is 116 Å². The van der Waals surface area contributed by atoms with Crippen LogP contribution in [0.1, 0.15) is 71.4 Å². The highest BCUT2D eigenvalue weighted by Crippen LogP contribution is 2.36. The Balaban J connectivity index is 0.841. The molecule has 2 aromatic heterocycles. The van der Waals surface area contributed by atoms with Crippen LogP contribution in [0, 0.1) is 0 Å². The number of hydrogen-bond donors (Lipinski definition) is 2. The van der Waals surface area contributed by atoms with Crippen LogP contribution in [0.4, 0.5) is 5.69 Å². The third-order valence-corrected chi connectivity index (χ3v) is 12.0. The van der Waals surface area contributed by atoms with Crippen molar-refractivity contribution in [2.45, 2.75) is 43.8 Å². The monoisotopic (exact) mass is 774 g/mol. The second-order valence-corrected chi connectivity index (χ2v) is 15.8. The molecule has 3 fully saturated rings. The third kappa shape index (κ3) is 7.55. The number of hydrogen-bond acceptors (Lipinski definition) is 7. The molecule has 9 rings (SSSR count). The molecule has 0 unspecified atom stereocenters. The van der Waals surface area contributed by atoms with E-state index in [4.69, 9.17) is 14.7 Å². The molecular weight excluding hydrogens is 725 g/mol. The summed E-state index contributed by atoms with van der Waals surface area (Å²) in [5, 5.41) is 0. The van der Waals surface area contributed by atoms with Gasteiger partial charge in [-0.2, -0.15) is 0 Å². The molecular formula is C47H50N8O3. The second kappa shape index (κ2) is 16.4. The van der Waals surface area contributed by atoms with E-state index in [-0.39, 0.29) is 29.9 Å². The van der Waals surface area contributed by atoms with Crippen molar-refractivity contribution in [3.05, 3.63) is 138 Å². The molecule has 3 atom stereocenters. The van der Waals surface area contributed by atoms with Gasteiger partial charge in [-0.25, -0.2) is 9.97 Å². The lowest BCUT2D eigenvalue weighted by atomic mass is 10.0. The van der Waals surface area contributed by atoms with Crippen molar-refractivity contribution in [2.24, 2.45) is 0 Å². The minimum Gasteiger partial charge on any atom is -0.378 e. The summed E-state index contributed by atoms with van der Waals surface area (Å²) in [6.45, 7) is 4.63. The van der Waals surface area contributed by atoms with Gasteiger partial charge < -0.3 is 29.4 Å². The predicted molar refractivity (Wildman–Crippen MR) is 226 cm³/mol. The number of morpholine rings is 1. The van der Waals surface area contributed by atoms with E-state index in [1.165, 1.54) is 0 Å². The smallest absolute Gasteiger partial charge is 0.254 e. The van der Waals surface area contributed by atoms with Gasteiger partial charge in [0, 0.05) is 37.4 Å². The molecule has 6 aromatic rings. The summed E-state index contributed by atoms with van der Waals surface area (Å²) in [7, 11) is 3.92. The standard InChI is InChI=1S/C47H50N8O3/c1-52(2)43(36-8-4-3-5-9-36)47(57)55-25-7-11-42(55)45-49-31-40(51-45)35-18-14-33(15-19-35)32-12-16-34(17-13-32)39-30-48-44(50-39)41-10-6-24-54(41)46(56)37-20-22-38(23-21-37)53-26-28-58-29-27-53/h3-5,8-9,12-23,30-31,41-43H,6-7,10-11,24-29H2,1-2H3,(H,48,50)(H,49,51)/t41-,42-,43+/m0/s1. The summed E-state index contributed by atoms with van der Waals surface area (Å²) in [6.07, 6.45) is 7.41. The summed E-state index contributed by atoms with van der Waals surface area (Å²) in [6, 6.07) is 34.5. The molecule has 0 bridgehead atoms. The highest BCUT2D eigenvalue weighted by atomic mass is 16.5. The average Bonchev–Trinajstić information content (AvgIpc) is 4.12. The van der Waals surface area contributed by atoms with E-state index >= 15 is 0 Å². The Labute approximate surface area is 339 Å². The first-order valence-electron chi connectivity index (χ1n) is 20.5. The van der Waals surface area contributed by atoms with Gasteiger partial charge in [0.25, 0.3) is 5.91 Å². The molecule has 5 heterocycles. The van der Waals surface area contributed by atoms with Crippen LogP contribution in [-0.4, -0.2) is 99.9 Å². The van der Waals surface area contributed by atoms with Gasteiger partial charge in [0.15, 0.2) is 0 Å². The zero-order chi connectivity index (χ0) is 39.6. The topological polar surface area (TPSA) is 114 Å². The quantitative estimate of drug-likeness (QED) is 0.146. The molecule has 2 amide bonds. The lowest BCUT2D eigenvalue weighted by molar-refractivity contribution is -0.137. The summed E-state index contributed by atoms with van der Waals surface area (Å²) < 4.78 is 5.49. The summed E-state index contributed by atoms with van der Waals surface area (Å²) >= 11 is 0. The Morgan fingerprint density at radius 3 is 1.72 bits per heavy atom. The van der Waals surface area contributed by atoms with Crippen molar-refractivity contribution in [1.82, 2.24) is 34.6 Å². The molecule has 0 spiro atoms. The number of carbonyl (C=O) groups is 2. The largest absolute Gasteiger partial charge is 0.378 e. The van der Waals surface area contributed by atoms with E-state index in [1.807, 2.05) is 95.8 Å². The first kappa shape index (κ1) is 37.5. The first-order valence-corrected chi connectivity index (χ1v) is 20.5. The predicted octanol–water partition coefficient (Wildman–Crippen LogP) is 7.91. The van der Waals surface area contributed by atoms with Gasteiger partial charge >= 0.3 is 0 Å². The highest BCUT2D eigenvalue weighted by molar-refractivity contribution is 5.95. The van der Waals surface area contributed by atoms with Gasteiger partial charge in [-0.1, -0.05) is 78.9 Å². The molecule has 11 nitrogen and oxygen atoms in total. The van der Waals surface area contributed by atoms with Crippen LogP contribution >= 0.6 is 0 Å². The van der Waals surface area contributed by atoms with Crippen LogP contribution < -0.4 is 4.90 Å². The fraction of sp³-hybridized carbons (Fsp3) is 0.319. The van der Waals surface area contributed by atoms with Gasteiger partial charge in [0.05, 0.1) is 49.1 Å². The Morgan fingerprint density at radius 2 is 1.17 bits per heavy atom. The third-order valence-electron chi connectivity index (χ3n) is 12.0. The van der Waals surface area contributed by atoms with Gasteiger partial charge in [0.1, 0.15) is 17.7 Å². The molecule has 0 radical (unpaired) electrons. The number of likely N-dealkylation sites (tertiary alicyclic amines) is 2.